The summed E-state index contributed by atoms with van der Waals surface area (Å²) in [4.78, 5) is 4.69. The van der Waals surface area contributed by atoms with Crippen molar-refractivity contribution in [2.24, 2.45) is 0 Å². The smallest absolute Gasteiger partial charge is 0.137 e. The Morgan fingerprint density at radius 1 is 1.19 bits per heavy atom. The van der Waals surface area contributed by atoms with E-state index in [-0.39, 0.29) is 0 Å². The molecule has 0 aliphatic carbocycles. The fraction of sp³-hybridized carbons (Fsp3) is 0.235. The number of fused-ring (bicyclic) bond motifs is 1. The molecule has 4 nitrogen and oxygen atoms in total. The number of rotatable bonds is 3. The van der Waals surface area contributed by atoms with Crippen molar-refractivity contribution in [2.75, 3.05) is 7.11 Å². The van der Waals surface area contributed by atoms with E-state index in [9.17, 15) is 5.11 Å². The largest absolute Gasteiger partial charge is 0.497 e. The number of ether oxygens (including phenoxy) is 1. The molecular formula is C17H18N2O2. The van der Waals surface area contributed by atoms with Gasteiger partial charge in [-0.05, 0) is 38.1 Å². The Bertz CT molecular complexity index is 791. The molecule has 0 radical (unpaired) electrons. The minimum absolute atomic E-state index is 0.609. The van der Waals surface area contributed by atoms with Crippen molar-refractivity contribution in [1.82, 2.24) is 9.38 Å². The first-order chi connectivity index (χ1) is 10.1. The number of pyridine rings is 1. The summed E-state index contributed by atoms with van der Waals surface area (Å²) in [6, 6.07) is 13.7. The van der Waals surface area contributed by atoms with Gasteiger partial charge in [0.05, 0.1) is 24.6 Å². The van der Waals surface area contributed by atoms with E-state index in [1.54, 1.807) is 14.0 Å². The number of hydrogen-bond acceptors (Lipinski definition) is 3. The summed E-state index contributed by atoms with van der Waals surface area (Å²) in [7, 11) is 1.64. The third-order valence-corrected chi connectivity index (χ3v) is 3.61. The van der Waals surface area contributed by atoms with Crippen molar-refractivity contribution in [2.45, 2.75) is 20.0 Å². The van der Waals surface area contributed by atoms with Crippen molar-refractivity contribution in [1.29, 1.82) is 0 Å². The minimum atomic E-state index is -0.609. The Morgan fingerprint density at radius 3 is 2.67 bits per heavy atom. The van der Waals surface area contributed by atoms with Crippen LogP contribution in [0.25, 0.3) is 16.9 Å². The van der Waals surface area contributed by atoms with E-state index >= 15 is 0 Å². The monoisotopic (exact) mass is 282 g/mol. The third kappa shape index (κ3) is 2.28. The summed E-state index contributed by atoms with van der Waals surface area (Å²) >= 11 is 0. The van der Waals surface area contributed by atoms with Crippen molar-refractivity contribution >= 4 is 5.65 Å². The molecule has 3 aromatic rings. The normalized spacial score (nSPS) is 12.6. The molecule has 2 heterocycles. The lowest BCUT2D eigenvalue weighted by molar-refractivity contribution is 0.194. The molecule has 0 fully saturated rings. The van der Waals surface area contributed by atoms with Gasteiger partial charge < -0.3 is 9.84 Å². The lowest BCUT2D eigenvalue weighted by atomic mass is 10.1. The maximum Gasteiger partial charge on any atom is 0.137 e. The van der Waals surface area contributed by atoms with Crippen LogP contribution in [-0.2, 0) is 0 Å². The lowest BCUT2D eigenvalue weighted by Gasteiger charge is -2.10. The predicted octanol–water partition coefficient (Wildman–Crippen LogP) is 3.37. The Morgan fingerprint density at radius 2 is 1.95 bits per heavy atom. The number of aliphatic hydroxyl groups is 1. The summed E-state index contributed by atoms with van der Waals surface area (Å²) in [5.41, 5.74) is 4.41. The van der Waals surface area contributed by atoms with Gasteiger partial charge >= 0.3 is 0 Å². The number of nitrogens with zero attached hydrogens (tertiary/aromatic N) is 2. The van der Waals surface area contributed by atoms with E-state index in [1.807, 2.05) is 53.8 Å². The van der Waals surface area contributed by atoms with Crippen LogP contribution in [0.4, 0.5) is 0 Å². The summed E-state index contributed by atoms with van der Waals surface area (Å²) in [6.45, 7) is 3.77. The van der Waals surface area contributed by atoms with Crippen LogP contribution in [0, 0.1) is 6.92 Å². The molecule has 0 aliphatic rings. The zero-order valence-electron chi connectivity index (χ0n) is 12.4. The standard InChI is InChI=1S/C17H18N2O2/c1-11-6-4-9-15-18-16(17(12(2)20)19(11)15)13-7-5-8-14(10-13)21-3/h4-10,12,20H,1-3H3. The molecule has 0 aliphatic heterocycles. The molecule has 1 unspecified atom stereocenters. The van der Waals surface area contributed by atoms with Gasteiger partial charge in [0.15, 0.2) is 0 Å². The molecule has 4 heteroatoms. The first-order valence-corrected chi connectivity index (χ1v) is 6.92. The average Bonchev–Trinajstić information content (AvgIpc) is 2.88. The molecule has 3 rings (SSSR count). The molecule has 0 spiro atoms. The summed E-state index contributed by atoms with van der Waals surface area (Å²) < 4.78 is 7.28. The van der Waals surface area contributed by atoms with Gasteiger partial charge in [0.2, 0.25) is 0 Å². The quantitative estimate of drug-likeness (QED) is 0.801. The number of methoxy groups -OCH3 is 1. The third-order valence-electron chi connectivity index (χ3n) is 3.61. The van der Waals surface area contributed by atoms with E-state index in [4.69, 9.17) is 4.74 Å². The van der Waals surface area contributed by atoms with E-state index in [2.05, 4.69) is 4.98 Å². The molecule has 1 N–H and O–H groups in total. The van der Waals surface area contributed by atoms with Crippen LogP contribution in [0.5, 0.6) is 5.75 Å². The molecular weight excluding hydrogens is 264 g/mol. The highest BCUT2D eigenvalue weighted by atomic mass is 16.5. The fourth-order valence-electron chi connectivity index (χ4n) is 2.65. The van der Waals surface area contributed by atoms with Crippen molar-refractivity contribution in [3.8, 4) is 17.0 Å². The zero-order chi connectivity index (χ0) is 15.0. The van der Waals surface area contributed by atoms with Crippen LogP contribution in [0.1, 0.15) is 24.4 Å². The summed E-state index contributed by atoms with van der Waals surface area (Å²) in [5, 5.41) is 10.2. The van der Waals surface area contributed by atoms with Gasteiger partial charge in [0.25, 0.3) is 0 Å². The van der Waals surface area contributed by atoms with Gasteiger partial charge in [0, 0.05) is 11.3 Å². The topological polar surface area (TPSA) is 46.8 Å². The Labute approximate surface area is 123 Å². The molecule has 0 saturated heterocycles. The number of aromatic nitrogens is 2. The lowest BCUT2D eigenvalue weighted by Crippen LogP contribution is -2.02. The maximum absolute atomic E-state index is 10.2. The molecule has 21 heavy (non-hydrogen) atoms. The van der Waals surface area contributed by atoms with Crippen LogP contribution in [-0.4, -0.2) is 21.6 Å². The Kier molecular flexibility index (Phi) is 3.39. The van der Waals surface area contributed by atoms with E-state index < -0.39 is 6.10 Å². The summed E-state index contributed by atoms with van der Waals surface area (Å²) in [5.74, 6) is 0.776. The highest BCUT2D eigenvalue weighted by Gasteiger charge is 2.19. The second-order valence-corrected chi connectivity index (χ2v) is 5.11. The van der Waals surface area contributed by atoms with Crippen LogP contribution in [0.2, 0.25) is 0 Å². The molecule has 2 aromatic heterocycles. The predicted molar refractivity (Wildman–Crippen MR) is 82.6 cm³/mol. The molecule has 108 valence electrons. The van der Waals surface area contributed by atoms with E-state index in [1.165, 1.54) is 0 Å². The number of benzene rings is 1. The first-order valence-electron chi connectivity index (χ1n) is 6.92. The minimum Gasteiger partial charge on any atom is -0.497 e. The van der Waals surface area contributed by atoms with Crippen LogP contribution >= 0.6 is 0 Å². The van der Waals surface area contributed by atoms with Crippen molar-refractivity contribution in [3.63, 3.8) is 0 Å². The second-order valence-electron chi connectivity index (χ2n) is 5.11. The number of imidazole rings is 1. The zero-order valence-corrected chi connectivity index (χ0v) is 12.4. The van der Waals surface area contributed by atoms with Gasteiger partial charge in [-0.2, -0.15) is 0 Å². The van der Waals surface area contributed by atoms with Crippen LogP contribution in [0.3, 0.4) is 0 Å². The summed E-state index contributed by atoms with van der Waals surface area (Å²) in [6.07, 6.45) is -0.609. The van der Waals surface area contributed by atoms with Crippen LogP contribution < -0.4 is 4.74 Å². The number of aliphatic hydroxyl groups excluding tert-OH is 1. The van der Waals surface area contributed by atoms with Gasteiger partial charge in [-0.3, -0.25) is 4.40 Å². The molecule has 1 atom stereocenters. The Hall–Kier alpha value is -2.33. The highest BCUT2D eigenvalue weighted by molar-refractivity contribution is 5.68. The van der Waals surface area contributed by atoms with Crippen LogP contribution in [0.15, 0.2) is 42.5 Å². The number of aryl methyl sites for hydroxylation is 1. The molecule has 0 amide bonds. The van der Waals surface area contributed by atoms with E-state index in [0.717, 1.165) is 34.0 Å². The van der Waals surface area contributed by atoms with Gasteiger partial charge in [-0.25, -0.2) is 4.98 Å². The first kappa shape index (κ1) is 13.6. The second kappa shape index (κ2) is 5.22. The molecule has 1 aromatic carbocycles. The molecule has 0 saturated carbocycles. The van der Waals surface area contributed by atoms with Gasteiger partial charge in [0.1, 0.15) is 11.4 Å². The Balaban J connectivity index is 2.31. The molecule has 0 bridgehead atoms. The highest BCUT2D eigenvalue weighted by Crippen LogP contribution is 2.31. The van der Waals surface area contributed by atoms with Crippen molar-refractivity contribution in [3.05, 3.63) is 53.9 Å². The van der Waals surface area contributed by atoms with Gasteiger partial charge in [-0.1, -0.05) is 18.2 Å². The van der Waals surface area contributed by atoms with Gasteiger partial charge in [-0.15, -0.1) is 0 Å². The average molecular weight is 282 g/mol. The fourth-order valence-corrected chi connectivity index (χ4v) is 2.65. The maximum atomic E-state index is 10.2. The van der Waals surface area contributed by atoms with E-state index in [0.29, 0.717) is 0 Å². The van der Waals surface area contributed by atoms with Crippen molar-refractivity contribution < 1.29 is 9.84 Å². The number of hydrogen-bond donors (Lipinski definition) is 1. The SMILES string of the molecule is COc1cccc(-c2nc3cccc(C)n3c2C(C)O)c1.